The van der Waals surface area contributed by atoms with Gasteiger partial charge in [-0.2, -0.15) is 0 Å². The highest BCUT2D eigenvalue weighted by molar-refractivity contribution is 5.82. The van der Waals surface area contributed by atoms with Crippen molar-refractivity contribution in [3.8, 4) is 5.69 Å². The number of ether oxygens (including phenoxy) is 1. The fourth-order valence-electron chi connectivity index (χ4n) is 3.02. The van der Waals surface area contributed by atoms with E-state index in [4.69, 9.17) is 4.74 Å². The molecule has 1 saturated heterocycles. The van der Waals surface area contributed by atoms with Crippen LogP contribution in [0, 0.1) is 5.82 Å². The highest BCUT2D eigenvalue weighted by Gasteiger charge is 2.12. The van der Waals surface area contributed by atoms with E-state index in [1.165, 1.54) is 11.8 Å². The van der Waals surface area contributed by atoms with Gasteiger partial charge in [-0.15, -0.1) is 0 Å². The lowest BCUT2D eigenvalue weighted by Gasteiger charge is -2.29. The third kappa shape index (κ3) is 2.25. The Hall–Kier alpha value is -2.33. The molecule has 1 aromatic heterocycles. The van der Waals surface area contributed by atoms with Gasteiger partial charge in [-0.05, 0) is 36.4 Å². The molecule has 2 heterocycles. The molecule has 0 atom stereocenters. The van der Waals surface area contributed by atoms with E-state index in [1.807, 2.05) is 35.0 Å². The normalized spacial score (nSPS) is 15.4. The molecule has 0 N–H and O–H groups in total. The first-order valence-electron chi connectivity index (χ1n) is 7.52. The van der Waals surface area contributed by atoms with Crippen LogP contribution in [-0.2, 0) is 4.74 Å². The van der Waals surface area contributed by atoms with Crippen molar-refractivity contribution in [2.24, 2.45) is 0 Å². The maximum atomic E-state index is 13.8. The molecular weight excluding hydrogens is 279 g/mol. The van der Waals surface area contributed by atoms with Crippen LogP contribution >= 0.6 is 0 Å². The second kappa shape index (κ2) is 5.46. The number of morpholine rings is 1. The number of rotatable bonds is 2. The summed E-state index contributed by atoms with van der Waals surface area (Å²) >= 11 is 0. The zero-order valence-corrected chi connectivity index (χ0v) is 12.2. The molecule has 0 saturated carbocycles. The van der Waals surface area contributed by atoms with Crippen LogP contribution < -0.4 is 4.90 Å². The van der Waals surface area contributed by atoms with Crippen molar-refractivity contribution in [1.29, 1.82) is 0 Å². The number of halogens is 1. The van der Waals surface area contributed by atoms with E-state index in [9.17, 15) is 4.39 Å². The Balaban J connectivity index is 1.77. The van der Waals surface area contributed by atoms with Crippen molar-refractivity contribution in [2.45, 2.75) is 0 Å². The standard InChI is InChI=1S/C18H17FN2O/c19-17-5-2-6-18-16(17)7-8-21(18)15-4-1-3-14(13-15)20-9-11-22-12-10-20/h1-8,13H,9-12H2. The molecule has 4 heteroatoms. The predicted molar refractivity (Wildman–Crippen MR) is 86.3 cm³/mol. The smallest absolute Gasteiger partial charge is 0.132 e. The van der Waals surface area contributed by atoms with Crippen molar-refractivity contribution in [3.63, 3.8) is 0 Å². The van der Waals surface area contributed by atoms with Gasteiger partial charge in [0.1, 0.15) is 5.82 Å². The molecule has 0 aliphatic carbocycles. The van der Waals surface area contributed by atoms with Gasteiger partial charge in [-0.3, -0.25) is 0 Å². The van der Waals surface area contributed by atoms with Gasteiger partial charge < -0.3 is 14.2 Å². The Bertz CT molecular complexity index is 806. The fourth-order valence-corrected chi connectivity index (χ4v) is 3.02. The molecule has 0 bridgehead atoms. The van der Waals surface area contributed by atoms with Crippen LogP contribution in [0.4, 0.5) is 10.1 Å². The first-order chi connectivity index (χ1) is 10.8. The SMILES string of the molecule is Fc1cccc2c1ccn2-c1cccc(N2CCOCC2)c1. The predicted octanol–water partition coefficient (Wildman–Crippen LogP) is 3.61. The summed E-state index contributed by atoms with van der Waals surface area (Å²) in [4.78, 5) is 2.32. The second-order valence-electron chi connectivity index (χ2n) is 5.48. The van der Waals surface area contributed by atoms with E-state index in [2.05, 4.69) is 17.0 Å². The molecule has 112 valence electrons. The van der Waals surface area contributed by atoms with Gasteiger partial charge >= 0.3 is 0 Å². The third-order valence-corrected chi connectivity index (χ3v) is 4.16. The lowest BCUT2D eigenvalue weighted by molar-refractivity contribution is 0.122. The number of aromatic nitrogens is 1. The highest BCUT2D eigenvalue weighted by atomic mass is 19.1. The van der Waals surface area contributed by atoms with Crippen LogP contribution in [-0.4, -0.2) is 30.9 Å². The molecule has 1 aliphatic heterocycles. The Morgan fingerprint density at radius 3 is 2.55 bits per heavy atom. The van der Waals surface area contributed by atoms with Crippen LogP contribution in [0.1, 0.15) is 0 Å². The Morgan fingerprint density at radius 1 is 0.909 bits per heavy atom. The maximum Gasteiger partial charge on any atom is 0.132 e. The summed E-state index contributed by atoms with van der Waals surface area (Å²) in [5.74, 6) is -0.180. The summed E-state index contributed by atoms with van der Waals surface area (Å²) in [6.45, 7) is 3.35. The zero-order chi connectivity index (χ0) is 14.9. The number of anilines is 1. The molecule has 2 aromatic carbocycles. The van der Waals surface area contributed by atoms with Crippen LogP contribution in [0.5, 0.6) is 0 Å². The molecule has 0 radical (unpaired) electrons. The molecule has 3 nitrogen and oxygen atoms in total. The molecule has 4 rings (SSSR count). The molecule has 0 amide bonds. The van der Waals surface area contributed by atoms with E-state index in [-0.39, 0.29) is 5.82 Å². The molecule has 22 heavy (non-hydrogen) atoms. The lowest BCUT2D eigenvalue weighted by atomic mass is 10.2. The van der Waals surface area contributed by atoms with Crippen LogP contribution in [0.3, 0.4) is 0 Å². The summed E-state index contributed by atoms with van der Waals surface area (Å²) < 4.78 is 21.3. The van der Waals surface area contributed by atoms with Crippen LogP contribution in [0.2, 0.25) is 0 Å². The molecule has 0 unspecified atom stereocenters. The van der Waals surface area contributed by atoms with Gasteiger partial charge in [-0.1, -0.05) is 12.1 Å². The van der Waals surface area contributed by atoms with Gasteiger partial charge in [0.25, 0.3) is 0 Å². The van der Waals surface area contributed by atoms with Gasteiger partial charge in [0.2, 0.25) is 0 Å². The molecule has 1 fully saturated rings. The van der Waals surface area contributed by atoms with Crippen molar-refractivity contribution < 1.29 is 9.13 Å². The summed E-state index contributed by atoms with van der Waals surface area (Å²) in [6, 6.07) is 15.4. The van der Waals surface area contributed by atoms with E-state index in [1.54, 1.807) is 6.07 Å². The zero-order valence-electron chi connectivity index (χ0n) is 12.2. The van der Waals surface area contributed by atoms with Crippen molar-refractivity contribution >= 4 is 16.6 Å². The minimum atomic E-state index is -0.180. The van der Waals surface area contributed by atoms with Gasteiger partial charge in [0.05, 0.1) is 18.7 Å². The van der Waals surface area contributed by atoms with Crippen molar-refractivity contribution in [3.05, 3.63) is 60.5 Å². The Morgan fingerprint density at radius 2 is 1.68 bits per heavy atom. The van der Waals surface area contributed by atoms with Crippen molar-refractivity contribution in [2.75, 3.05) is 31.2 Å². The average Bonchev–Trinajstić information content (AvgIpc) is 3.01. The molecule has 3 aromatic rings. The second-order valence-corrected chi connectivity index (χ2v) is 5.48. The van der Waals surface area contributed by atoms with E-state index >= 15 is 0 Å². The number of nitrogens with zero attached hydrogens (tertiary/aromatic N) is 2. The van der Waals surface area contributed by atoms with Crippen molar-refractivity contribution in [1.82, 2.24) is 4.57 Å². The molecule has 0 spiro atoms. The van der Waals surface area contributed by atoms with Gasteiger partial charge in [-0.25, -0.2) is 4.39 Å². The first-order valence-corrected chi connectivity index (χ1v) is 7.52. The van der Waals surface area contributed by atoms with Crippen LogP contribution in [0.25, 0.3) is 16.6 Å². The minimum absolute atomic E-state index is 0.180. The lowest BCUT2D eigenvalue weighted by Crippen LogP contribution is -2.36. The first kappa shape index (κ1) is 13.3. The van der Waals surface area contributed by atoms with E-state index < -0.39 is 0 Å². The quantitative estimate of drug-likeness (QED) is 0.719. The Labute approximate surface area is 128 Å². The number of hydrogen-bond donors (Lipinski definition) is 0. The summed E-state index contributed by atoms with van der Waals surface area (Å²) in [5, 5.41) is 0.652. The summed E-state index contributed by atoms with van der Waals surface area (Å²) in [5.41, 5.74) is 3.11. The summed E-state index contributed by atoms with van der Waals surface area (Å²) in [6.07, 6.45) is 1.92. The monoisotopic (exact) mass is 296 g/mol. The summed E-state index contributed by atoms with van der Waals surface area (Å²) in [7, 11) is 0. The third-order valence-electron chi connectivity index (χ3n) is 4.16. The largest absolute Gasteiger partial charge is 0.378 e. The molecular formula is C18H17FN2O. The molecule has 1 aliphatic rings. The number of hydrogen-bond acceptors (Lipinski definition) is 2. The fraction of sp³-hybridized carbons (Fsp3) is 0.222. The van der Waals surface area contributed by atoms with E-state index in [0.29, 0.717) is 5.39 Å². The number of benzene rings is 2. The Kier molecular flexibility index (Phi) is 3.31. The van der Waals surface area contributed by atoms with Gasteiger partial charge in [0.15, 0.2) is 0 Å². The average molecular weight is 296 g/mol. The number of fused-ring (bicyclic) bond motifs is 1. The maximum absolute atomic E-state index is 13.8. The topological polar surface area (TPSA) is 17.4 Å². The minimum Gasteiger partial charge on any atom is -0.378 e. The van der Waals surface area contributed by atoms with E-state index in [0.717, 1.165) is 37.5 Å². The van der Waals surface area contributed by atoms with Crippen LogP contribution in [0.15, 0.2) is 54.7 Å². The highest BCUT2D eigenvalue weighted by Crippen LogP contribution is 2.25. The van der Waals surface area contributed by atoms with Gasteiger partial charge in [0, 0.05) is 36.0 Å².